The van der Waals surface area contributed by atoms with Crippen molar-refractivity contribution in [3.05, 3.63) is 103 Å². The molecule has 65 heavy (non-hydrogen) atoms. The van der Waals surface area contributed by atoms with E-state index in [1.807, 2.05) is 5.32 Å². The number of anilines is 4. The van der Waals surface area contributed by atoms with Crippen LogP contribution in [0.4, 0.5) is 111 Å². The number of alkyl halides is 18. The third-order valence-electron chi connectivity index (χ3n) is 8.16. The molecule has 0 saturated heterocycles. The predicted octanol–water partition coefficient (Wildman–Crippen LogP) is 13.1. The van der Waals surface area contributed by atoms with Crippen LogP contribution in [0.1, 0.15) is 31.8 Å². The molecule has 4 rings (SSSR count). The minimum absolute atomic E-state index is 0.0186. The minimum Gasteiger partial charge on any atom is -0.433 e. The fourth-order valence-corrected chi connectivity index (χ4v) is 6.23. The van der Waals surface area contributed by atoms with Crippen molar-refractivity contribution in [2.45, 2.75) is 49.3 Å². The van der Waals surface area contributed by atoms with Gasteiger partial charge in [0, 0.05) is 27.1 Å². The van der Waals surface area contributed by atoms with Crippen LogP contribution in [0.25, 0.3) is 0 Å². The molecule has 0 radical (unpaired) electrons. The lowest BCUT2D eigenvalue weighted by Gasteiger charge is -2.31. The zero-order valence-corrected chi connectivity index (χ0v) is 34.1. The fraction of sp³-hybridized carbons (Fsp3) is 0.257. The summed E-state index contributed by atoms with van der Waals surface area (Å²) in [7, 11) is 1.31. The lowest BCUT2D eigenvalue weighted by atomic mass is 9.93. The second-order valence-corrected chi connectivity index (χ2v) is 14.0. The zero-order chi connectivity index (χ0) is 50.0. The monoisotopic (exact) mass is 1100 g/mol. The van der Waals surface area contributed by atoms with Gasteiger partial charge in [-0.05, 0) is 80.4 Å². The van der Waals surface area contributed by atoms with E-state index < -0.39 is 132 Å². The molecule has 0 fully saturated rings. The van der Waals surface area contributed by atoms with Gasteiger partial charge in [-0.15, -0.1) is 0 Å². The van der Waals surface area contributed by atoms with Crippen LogP contribution in [0.3, 0.4) is 0 Å². The molecule has 2 amide bonds. The molecule has 0 aliphatic carbocycles. The average molecular weight is 1100 g/mol. The van der Waals surface area contributed by atoms with Crippen LogP contribution in [-0.2, 0) is 11.3 Å². The molecule has 0 aromatic heterocycles. The number of rotatable bonds is 11. The van der Waals surface area contributed by atoms with Gasteiger partial charge in [0.15, 0.2) is 23.1 Å². The Kier molecular flexibility index (Phi) is 16.2. The Balaban J connectivity index is 0.000000345. The minimum atomic E-state index is -6.54. The van der Waals surface area contributed by atoms with Crippen molar-refractivity contribution in [2.75, 3.05) is 28.7 Å². The smallest absolute Gasteiger partial charge is 0.433 e. The third-order valence-corrected chi connectivity index (χ3v) is 9.41. The summed E-state index contributed by atoms with van der Waals surface area (Å²) < 4.78 is 270. The van der Waals surface area contributed by atoms with Crippen molar-refractivity contribution in [1.82, 2.24) is 0 Å². The standard InChI is InChI=1S/C18H11BrF10N2O2.C17H9BrF10N2O2/c1-30-10-4-2-3-8(12(10)20)14(32)31-13-9(19)5-7(6-11(13)33-15(21)22)16(23,17(24,25)26)18(27,28)29;18-8-4-6(15(22,16(23,24)25)17(26,27)28)5-10(32-14(20)21)12(8)30-13(31)7-2-1-3-9(29)11(7)19/h2-6,15,30H,1H3,(H,31,32);1-5,14H,29H2,(H,30,31). The number of nitrogen functional groups attached to an aromatic ring is 1. The predicted molar refractivity (Wildman–Crippen MR) is 194 cm³/mol. The molecule has 358 valence electrons. The lowest BCUT2D eigenvalue weighted by molar-refractivity contribution is -0.349. The van der Waals surface area contributed by atoms with Crippen LogP contribution in [0, 0.1) is 11.6 Å². The first-order valence-electron chi connectivity index (χ1n) is 16.4. The number of benzene rings is 4. The molecule has 0 heterocycles. The van der Waals surface area contributed by atoms with E-state index in [9.17, 15) is 97.4 Å². The quantitative estimate of drug-likeness (QED) is 0.0879. The molecule has 0 bridgehead atoms. The van der Waals surface area contributed by atoms with E-state index in [2.05, 4.69) is 46.7 Å². The number of nitrogens with two attached hydrogens (primary N) is 1. The topological polar surface area (TPSA) is 115 Å². The maximum atomic E-state index is 14.4. The summed E-state index contributed by atoms with van der Waals surface area (Å²) >= 11 is 5.00. The van der Waals surface area contributed by atoms with Gasteiger partial charge in [-0.1, -0.05) is 12.1 Å². The fourth-order valence-electron chi connectivity index (χ4n) is 5.14. The molecule has 5 N–H and O–H groups in total. The summed E-state index contributed by atoms with van der Waals surface area (Å²) in [4.78, 5) is 24.7. The number of amides is 2. The highest BCUT2D eigenvalue weighted by molar-refractivity contribution is 9.11. The van der Waals surface area contributed by atoms with Gasteiger partial charge in [0.25, 0.3) is 11.8 Å². The number of carbonyl (C=O) groups is 2. The van der Waals surface area contributed by atoms with Crippen LogP contribution < -0.4 is 31.2 Å². The van der Waals surface area contributed by atoms with Gasteiger partial charge in [0.05, 0.1) is 33.9 Å². The molecule has 8 nitrogen and oxygen atoms in total. The van der Waals surface area contributed by atoms with Crippen molar-refractivity contribution < 1.29 is 107 Å². The highest BCUT2D eigenvalue weighted by Gasteiger charge is 2.74. The Morgan fingerprint density at radius 3 is 1.23 bits per heavy atom. The van der Waals surface area contributed by atoms with Crippen LogP contribution in [0.2, 0.25) is 0 Å². The summed E-state index contributed by atoms with van der Waals surface area (Å²) in [6.07, 6.45) is -26.1. The highest BCUT2D eigenvalue weighted by Crippen LogP contribution is 2.56. The van der Waals surface area contributed by atoms with Crippen molar-refractivity contribution in [3.8, 4) is 11.5 Å². The molecule has 4 aromatic rings. The molecule has 0 atom stereocenters. The summed E-state index contributed by atoms with van der Waals surface area (Å²) in [6.45, 7) is -7.60. The van der Waals surface area contributed by atoms with Gasteiger partial charge < -0.3 is 31.2 Å². The SMILES string of the molecule is CNc1cccc(C(=O)Nc2c(Br)cc(C(F)(C(F)(F)F)C(F)(F)F)cc2OC(F)F)c1F.Nc1cccc(C(=O)Nc2c(Br)cc(C(F)(C(F)(F)F)C(F)(F)F)cc2OC(F)F)c1F. The molecule has 0 aliphatic rings. The largest absolute Gasteiger partial charge is 0.435 e. The Hall–Kier alpha value is -5.42. The molecule has 30 heteroatoms. The first kappa shape index (κ1) is 53.9. The van der Waals surface area contributed by atoms with Crippen LogP contribution in [-0.4, -0.2) is 56.8 Å². The summed E-state index contributed by atoms with van der Waals surface area (Å²) in [6, 6.07) is 5.87. The molecule has 0 saturated carbocycles. The number of nitrogens with one attached hydrogen (secondary N) is 3. The average Bonchev–Trinajstić information content (AvgIpc) is 3.15. The van der Waals surface area contributed by atoms with E-state index in [0.717, 1.165) is 24.3 Å². The highest BCUT2D eigenvalue weighted by atomic mass is 79.9. The first-order valence-corrected chi connectivity index (χ1v) is 18.0. The molecule has 0 spiro atoms. The van der Waals surface area contributed by atoms with Gasteiger partial charge >= 0.3 is 49.3 Å². The lowest BCUT2D eigenvalue weighted by Crippen LogP contribution is -2.50. The van der Waals surface area contributed by atoms with Gasteiger partial charge in [-0.25, -0.2) is 17.6 Å². The second kappa shape index (κ2) is 19.6. The Morgan fingerprint density at radius 1 is 0.569 bits per heavy atom. The number of hydrogen-bond donors (Lipinski definition) is 4. The van der Waals surface area contributed by atoms with Crippen molar-refractivity contribution in [3.63, 3.8) is 0 Å². The third kappa shape index (κ3) is 11.3. The van der Waals surface area contributed by atoms with Crippen molar-refractivity contribution in [2.24, 2.45) is 0 Å². The van der Waals surface area contributed by atoms with Crippen molar-refractivity contribution >= 4 is 66.4 Å². The molecular weight excluding hydrogens is 1080 g/mol. The van der Waals surface area contributed by atoms with E-state index >= 15 is 0 Å². The molecule has 4 aromatic carbocycles. The Bertz CT molecular complexity index is 2360. The molecular formula is C35H20Br2F20N4O4. The Labute approximate surface area is 365 Å². The zero-order valence-electron chi connectivity index (χ0n) is 31.0. The van der Waals surface area contributed by atoms with Gasteiger partial charge in [0.2, 0.25) is 0 Å². The number of ether oxygens (including phenoxy) is 2. The maximum Gasteiger partial charge on any atom is 0.435 e. The van der Waals surface area contributed by atoms with Crippen LogP contribution in [0.15, 0.2) is 69.6 Å². The van der Waals surface area contributed by atoms with Gasteiger partial charge in [-0.2, -0.15) is 70.2 Å². The number of halogens is 22. The Morgan fingerprint density at radius 2 is 0.908 bits per heavy atom. The maximum absolute atomic E-state index is 14.4. The normalized spacial score (nSPS) is 12.7. The van der Waals surface area contributed by atoms with E-state index in [-0.39, 0.29) is 30.0 Å². The van der Waals surface area contributed by atoms with Gasteiger partial charge in [0.1, 0.15) is 0 Å². The van der Waals surface area contributed by atoms with E-state index in [1.165, 1.54) is 19.2 Å². The van der Waals surface area contributed by atoms with E-state index in [0.29, 0.717) is 0 Å². The van der Waals surface area contributed by atoms with Crippen molar-refractivity contribution in [1.29, 1.82) is 0 Å². The summed E-state index contributed by atoms with van der Waals surface area (Å²) in [5, 5.41) is 6.06. The summed E-state index contributed by atoms with van der Waals surface area (Å²) in [5.41, 5.74) is -14.8. The second-order valence-electron chi connectivity index (χ2n) is 12.3. The van der Waals surface area contributed by atoms with Crippen LogP contribution >= 0.6 is 31.9 Å². The number of carbonyl (C=O) groups excluding carboxylic acids is 2. The summed E-state index contributed by atoms with van der Waals surface area (Å²) in [5.74, 6) is -7.94. The molecule has 0 aliphatic heterocycles. The van der Waals surface area contributed by atoms with E-state index in [4.69, 9.17) is 5.73 Å². The van der Waals surface area contributed by atoms with Gasteiger partial charge in [-0.3, -0.25) is 9.59 Å². The number of hydrogen-bond acceptors (Lipinski definition) is 6. The van der Waals surface area contributed by atoms with Crippen LogP contribution in [0.5, 0.6) is 11.5 Å². The molecule has 0 unspecified atom stereocenters. The first-order chi connectivity index (χ1) is 29.5. The van der Waals surface area contributed by atoms with E-state index in [1.54, 1.807) is 5.32 Å².